The van der Waals surface area contributed by atoms with Crippen molar-refractivity contribution in [3.8, 4) is 0 Å². The van der Waals surface area contributed by atoms with E-state index in [1.807, 2.05) is 0 Å². The maximum Gasteiger partial charge on any atom is 0.0240 e. The monoisotopic (exact) mass is 265 g/mol. The Labute approximate surface area is 122 Å². The van der Waals surface area contributed by atoms with Gasteiger partial charge >= 0.3 is 0 Å². The minimum Gasteiger partial charge on any atom is -0.294 e. The Bertz CT molecular complexity index is 572. The molecule has 0 saturated heterocycles. The molecule has 0 fully saturated rings. The number of nitrogens with zero attached hydrogens (tertiary/aromatic N) is 1. The molecule has 2 aromatic rings. The number of benzene rings is 2. The van der Waals surface area contributed by atoms with Crippen molar-refractivity contribution in [3.05, 3.63) is 70.8 Å². The largest absolute Gasteiger partial charge is 0.294 e. The molecule has 0 aromatic heterocycles. The van der Waals surface area contributed by atoms with E-state index in [1.165, 1.54) is 29.7 Å². The van der Waals surface area contributed by atoms with Gasteiger partial charge in [-0.3, -0.25) is 4.90 Å². The van der Waals surface area contributed by atoms with E-state index in [-0.39, 0.29) is 0 Å². The molecule has 1 heterocycles. The summed E-state index contributed by atoms with van der Waals surface area (Å²) in [5, 5.41) is 0. The lowest BCUT2D eigenvalue weighted by atomic mass is 9.93. The van der Waals surface area contributed by atoms with Crippen molar-refractivity contribution >= 4 is 0 Å². The van der Waals surface area contributed by atoms with Gasteiger partial charge in [0.1, 0.15) is 0 Å². The first-order valence-corrected chi connectivity index (χ1v) is 7.60. The second-order valence-corrected chi connectivity index (χ2v) is 6.13. The Balaban J connectivity index is 1.72. The normalized spacial score (nSPS) is 15.3. The van der Waals surface area contributed by atoms with E-state index in [1.54, 1.807) is 5.56 Å². The first kappa shape index (κ1) is 13.4. The summed E-state index contributed by atoms with van der Waals surface area (Å²) >= 11 is 0. The van der Waals surface area contributed by atoms with Gasteiger partial charge in [0.25, 0.3) is 0 Å². The van der Waals surface area contributed by atoms with Crippen LogP contribution in [0.2, 0.25) is 0 Å². The highest BCUT2D eigenvalue weighted by Crippen LogP contribution is 2.24. The van der Waals surface area contributed by atoms with E-state index in [0.717, 1.165) is 13.1 Å². The molecule has 0 radical (unpaired) electrons. The summed E-state index contributed by atoms with van der Waals surface area (Å²) < 4.78 is 0. The van der Waals surface area contributed by atoms with Gasteiger partial charge in [0.05, 0.1) is 0 Å². The van der Waals surface area contributed by atoms with Gasteiger partial charge in [-0.25, -0.2) is 0 Å². The van der Waals surface area contributed by atoms with Gasteiger partial charge in [-0.2, -0.15) is 0 Å². The molecule has 2 aromatic carbocycles. The minimum absolute atomic E-state index is 0.627. The molecule has 0 N–H and O–H groups in total. The Hall–Kier alpha value is -1.60. The molecular weight excluding hydrogens is 242 g/mol. The summed E-state index contributed by atoms with van der Waals surface area (Å²) in [4.78, 5) is 2.55. The van der Waals surface area contributed by atoms with Crippen molar-refractivity contribution in [1.29, 1.82) is 0 Å². The standard InChI is InChI=1S/C19H23N/c1-15(2)17-8-9-19-14-20(11-10-18(19)12-17)13-16-6-4-3-5-7-16/h3-9,12,15H,10-11,13-14H2,1-2H3. The fraction of sp³-hybridized carbons (Fsp3) is 0.368. The minimum atomic E-state index is 0.627. The van der Waals surface area contributed by atoms with Crippen LogP contribution >= 0.6 is 0 Å². The summed E-state index contributed by atoms with van der Waals surface area (Å²) in [6, 6.07) is 17.8. The molecular formula is C19H23N. The lowest BCUT2D eigenvalue weighted by Gasteiger charge is -2.29. The molecule has 0 unspecified atom stereocenters. The number of rotatable bonds is 3. The number of hydrogen-bond acceptors (Lipinski definition) is 1. The summed E-state index contributed by atoms with van der Waals surface area (Å²) in [5.74, 6) is 0.627. The maximum atomic E-state index is 2.55. The fourth-order valence-corrected chi connectivity index (χ4v) is 2.97. The van der Waals surface area contributed by atoms with Crippen molar-refractivity contribution < 1.29 is 0 Å². The smallest absolute Gasteiger partial charge is 0.0240 e. The van der Waals surface area contributed by atoms with Crippen molar-refractivity contribution in [3.63, 3.8) is 0 Å². The van der Waals surface area contributed by atoms with E-state index in [0.29, 0.717) is 5.92 Å². The molecule has 0 atom stereocenters. The van der Waals surface area contributed by atoms with Gasteiger partial charge < -0.3 is 0 Å². The summed E-state index contributed by atoms with van der Waals surface area (Å²) in [6.07, 6.45) is 1.18. The van der Waals surface area contributed by atoms with E-state index in [9.17, 15) is 0 Å². The molecule has 1 nitrogen and oxygen atoms in total. The first-order valence-electron chi connectivity index (χ1n) is 7.60. The lowest BCUT2D eigenvalue weighted by molar-refractivity contribution is 0.245. The van der Waals surface area contributed by atoms with Crippen LogP contribution in [-0.2, 0) is 19.5 Å². The SMILES string of the molecule is CC(C)c1ccc2c(c1)CCN(Cc1ccccc1)C2. The van der Waals surface area contributed by atoms with Crippen molar-refractivity contribution in [2.24, 2.45) is 0 Å². The molecule has 0 amide bonds. The predicted molar refractivity (Wildman–Crippen MR) is 84.8 cm³/mol. The first-order chi connectivity index (χ1) is 9.72. The van der Waals surface area contributed by atoms with Crippen molar-refractivity contribution in [2.75, 3.05) is 6.54 Å². The number of fused-ring (bicyclic) bond motifs is 1. The fourth-order valence-electron chi connectivity index (χ4n) is 2.97. The van der Waals surface area contributed by atoms with E-state index >= 15 is 0 Å². The zero-order chi connectivity index (χ0) is 13.9. The summed E-state index contributed by atoms with van der Waals surface area (Å²) in [5.41, 5.74) is 5.95. The topological polar surface area (TPSA) is 3.24 Å². The molecule has 0 saturated carbocycles. The Morgan fingerprint density at radius 2 is 1.80 bits per heavy atom. The van der Waals surface area contributed by atoms with E-state index in [4.69, 9.17) is 0 Å². The Morgan fingerprint density at radius 1 is 1.00 bits per heavy atom. The average molecular weight is 265 g/mol. The Kier molecular flexibility index (Phi) is 3.88. The van der Waals surface area contributed by atoms with Crippen molar-refractivity contribution in [1.82, 2.24) is 4.90 Å². The quantitative estimate of drug-likeness (QED) is 0.796. The van der Waals surface area contributed by atoms with Crippen LogP contribution in [-0.4, -0.2) is 11.4 Å². The van der Waals surface area contributed by atoms with Gasteiger partial charge in [0.15, 0.2) is 0 Å². The van der Waals surface area contributed by atoms with E-state index < -0.39 is 0 Å². The number of hydrogen-bond donors (Lipinski definition) is 0. The van der Waals surface area contributed by atoms with Crippen molar-refractivity contribution in [2.45, 2.75) is 39.3 Å². The third kappa shape index (κ3) is 2.94. The molecule has 1 aliphatic rings. The molecule has 0 spiro atoms. The zero-order valence-corrected chi connectivity index (χ0v) is 12.5. The molecule has 1 aliphatic heterocycles. The van der Waals surface area contributed by atoms with Crippen LogP contribution in [0.4, 0.5) is 0 Å². The highest BCUT2D eigenvalue weighted by Gasteiger charge is 2.17. The van der Waals surface area contributed by atoms with Crippen LogP contribution in [0.5, 0.6) is 0 Å². The predicted octanol–water partition coefficient (Wildman–Crippen LogP) is 4.37. The molecule has 0 bridgehead atoms. The van der Waals surface area contributed by atoms with Gasteiger partial charge in [0.2, 0.25) is 0 Å². The molecule has 3 rings (SSSR count). The van der Waals surface area contributed by atoms with Crippen LogP contribution in [0.1, 0.15) is 42.0 Å². The van der Waals surface area contributed by atoms with Crippen LogP contribution in [0, 0.1) is 0 Å². The zero-order valence-electron chi connectivity index (χ0n) is 12.5. The third-order valence-electron chi connectivity index (χ3n) is 4.24. The molecule has 104 valence electrons. The van der Waals surface area contributed by atoms with Gasteiger partial charge in [-0.05, 0) is 34.6 Å². The second-order valence-electron chi connectivity index (χ2n) is 6.13. The van der Waals surface area contributed by atoms with Gasteiger partial charge in [-0.15, -0.1) is 0 Å². The van der Waals surface area contributed by atoms with E-state index in [2.05, 4.69) is 67.3 Å². The maximum absolute atomic E-state index is 2.55. The molecule has 1 heteroatoms. The highest BCUT2D eigenvalue weighted by atomic mass is 15.1. The molecule has 20 heavy (non-hydrogen) atoms. The van der Waals surface area contributed by atoms with Gasteiger partial charge in [-0.1, -0.05) is 62.4 Å². The lowest BCUT2D eigenvalue weighted by Crippen LogP contribution is -2.30. The Morgan fingerprint density at radius 3 is 2.55 bits per heavy atom. The van der Waals surface area contributed by atoms with Crippen LogP contribution < -0.4 is 0 Å². The second kappa shape index (κ2) is 5.80. The summed E-state index contributed by atoms with van der Waals surface area (Å²) in [6.45, 7) is 7.86. The van der Waals surface area contributed by atoms with Crippen LogP contribution in [0.3, 0.4) is 0 Å². The highest BCUT2D eigenvalue weighted by molar-refractivity contribution is 5.35. The van der Waals surface area contributed by atoms with Gasteiger partial charge in [0, 0.05) is 19.6 Å². The van der Waals surface area contributed by atoms with Crippen LogP contribution in [0.15, 0.2) is 48.5 Å². The molecule has 0 aliphatic carbocycles. The van der Waals surface area contributed by atoms with Crippen LogP contribution in [0.25, 0.3) is 0 Å². The average Bonchev–Trinajstić information content (AvgIpc) is 2.47. The summed E-state index contributed by atoms with van der Waals surface area (Å²) in [7, 11) is 0. The third-order valence-corrected chi connectivity index (χ3v) is 4.24.